The lowest BCUT2D eigenvalue weighted by Crippen LogP contribution is -2.35. The Morgan fingerprint density at radius 2 is 2.04 bits per heavy atom. The van der Waals surface area contributed by atoms with Gasteiger partial charge in [0.15, 0.2) is 11.5 Å². The van der Waals surface area contributed by atoms with E-state index in [1.165, 1.54) is 0 Å². The maximum absolute atomic E-state index is 12.9. The summed E-state index contributed by atoms with van der Waals surface area (Å²) in [7, 11) is 0. The van der Waals surface area contributed by atoms with Crippen molar-refractivity contribution in [1.29, 1.82) is 0 Å². The van der Waals surface area contributed by atoms with Crippen molar-refractivity contribution in [3.63, 3.8) is 0 Å². The minimum absolute atomic E-state index is 0.0454. The van der Waals surface area contributed by atoms with E-state index in [2.05, 4.69) is 15.6 Å². The van der Waals surface area contributed by atoms with Crippen LogP contribution in [0.4, 0.5) is 11.6 Å². The average molecular weight is 350 g/mol. The van der Waals surface area contributed by atoms with Crippen molar-refractivity contribution in [1.82, 2.24) is 9.55 Å². The maximum Gasteiger partial charge on any atom is 0.248 e. The Bertz CT molecular complexity index is 1060. The van der Waals surface area contributed by atoms with Gasteiger partial charge in [-0.05, 0) is 24.3 Å². The predicted molar refractivity (Wildman–Crippen MR) is 93.2 cm³/mol. The van der Waals surface area contributed by atoms with Gasteiger partial charge in [-0.1, -0.05) is 12.1 Å². The number of hydrogen-bond acceptors (Lipinski definition) is 5. The lowest BCUT2D eigenvalue weighted by Gasteiger charge is -2.25. The minimum Gasteiger partial charge on any atom is -0.454 e. The summed E-state index contributed by atoms with van der Waals surface area (Å²) in [6, 6.07) is 12.0. The number of nitrogens with one attached hydrogen (secondary N) is 2. The number of carbonyl (C=O) groups excluding carboxylic acids is 2. The van der Waals surface area contributed by atoms with Crippen molar-refractivity contribution in [3.05, 3.63) is 42.5 Å². The van der Waals surface area contributed by atoms with Crippen LogP contribution in [0.15, 0.2) is 42.5 Å². The quantitative estimate of drug-likeness (QED) is 0.739. The van der Waals surface area contributed by atoms with Crippen LogP contribution in [0.3, 0.4) is 0 Å². The summed E-state index contributed by atoms with van der Waals surface area (Å²) < 4.78 is 12.4. The molecule has 2 aliphatic heterocycles. The molecule has 3 heterocycles. The Kier molecular flexibility index (Phi) is 3.11. The van der Waals surface area contributed by atoms with E-state index >= 15 is 0 Å². The molecule has 0 radical (unpaired) electrons. The van der Waals surface area contributed by atoms with Crippen LogP contribution in [0.2, 0.25) is 0 Å². The molecule has 2 N–H and O–H groups in total. The first-order chi connectivity index (χ1) is 12.7. The number of ether oxygens (including phenoxy) is 2. The predicted octanol–water partition coefficient (Wildman–Crippen LogP) is 2.29. The van der Waals surface area contributed by atoms with Crippen molar-refractivity contribution in [2.45, 2.75) is 12.5 Å². The number of carbonyl (C=O) groups is 2. The molecule has 0 spiro atoms. The van der Waals surface area contributed by atoms with Crippen LogP contribution < -0.4 is 20.1 Å². The van der Waals surface area contributed by atoms with Gasteiger partial charge in [0.25, 0.3) is 0 Å². The highest BCUT2D eigenvalue weighted by atomic mass is 16.7. The first kappa shape index (κ1) is 14.8. The van der Waals surface area contributed by atoms with Crippen molar-refractivity contribution >= 4 is 34.5 Å². The number of rotatable bonds is 2. The molecule has 1 aromatic heterocycles. The zero-order valence-corrected chi connectivity index (χ0v) is 13.6. The highest BCUT2D eigenvalue weighted by Gasteiger charge is 2.33. The van der Waals surface area contributed by atoms with E-state index in [4.69, 9.17) is 9.47 Å². The Morgan fingerprint density at radius 1 is 1.19 bits per heavy atom. The molecule has 2 aromatic carbocycles. The lowest BCUT2D eigenvalue weighted by molar-refractivity contribution is -0.124. The molecule has 3 aromatic rings. The topological polar surface area (TPSA) is 94.5 Å². The summed E-state index contributed by atoms with van der Waals surface area (Å²) in [5, 5.41) is 5.58. The zero-order chi connectivity index (χ0) is 17.7. The largest absolute Gasteiger partial charge is 0.454 e. The number of hydrogen-bond donors (Lipinski definition) is 2. The monoisotopic (exact) mass is 350 g/mol. The van der Waals surface area contributed by atoms with E-state index in [1.807, 2.05) is 24.3 Å². The number of anilines is 2. The molecule has 8 heteroatoms. The molecule has 1 unspecified atom stereocenters. The van der Waals surface area contributed by atoms with Crippen LogP contribution in [-0.4, -0.2) is 28.2 Å². The third kappa shape index (κ3) is 2.26. The third-order valence-corrected chi connectivity index (χ3v) is 4.48. The van der Waals surface area contributed by atoms with Crippen LogP contribution in [0, 0.1) is 0 Å². The molecule has 0 saturated heterocycles. The van der Waals surface area contributed by atoms with Gasteiger partial charge >= 0.3 is 0 Å². The second kappa shape index (κ2) is 5.48. The van der Waals surface area contributed by atoms with Gasteiger partial charge in [-0.25, -0.2) is 4.98 Å². The van der Waals surface area contributed by atoms with Crippen LogP contribution >= 0.6 is 0 Å². The number of nitrogens with zero attached hydrogens (tertiary/aromatic N) is 2. The van der Waals surface area contributed by atoms with Crippen molar-refractivity contribution in [2.75, 3.05) is 17.4 Å². The number of para-hydroxylation sites is 2. The summed E-state index contributed by atoms with van der Waals surface area (Å²) in [5.74, 6) is 1.08. The van der Waals surface area contributed by atoms with Crippen LogP contribution in [0.1, 0.15) is 12.5 Å². The summed E-state index contributed by atoms with van der Waals surface area (Å²) in [6.45, 7) is 0.167. The molecule has 8 nitrogen and oxygen atoms in total. The van der Waals surface area contributed by atoms with E-state index in [0.29, 0.717) is 23.1 Å². The van der Waals surface area contributed by atoms with Gasteiger partial charge in [0.05, 0.1) is 17.5 Å². The van der Waals surface area contributed by atoms with Crippen LogP contribution in [0.5, 0.6) is 11.5 Å². The molecule has 0 aliphatic carbocycles. The van der Waals surface area contributed by atoms with Crippen molar-refractivity contribution in [2.24, 2.45) is 0 Å². The molecule has 1 atom stereocenters. The van der Waals surface area contributed by atoms with E-state index in [9.17, 15) is 9.59 Å². The maximum atomic E-state index is 12.9. The Hall–Kier alpha value is -3.55. The smallest absolute Gasteiger partial charge is 0.248 e. The SMILES string of the molecule is O=C1CC(C(=O)Nc2ccc3c(c2)OCO3)n2c(nc3ccccc32)N1. The van der Waals surface area contributed by atoms with Crippen LogP contribution in [0.25, 0.3) is 11.0 Å². The third-order valence-electron chi connectivity index (χ3n) is 4.48. The molecule has 2 aliphatic rings. The zero-order valence-electron chi connectivity index (χ0n) is 13.6. The van der Waals surface area contributed by atoms with Gasteiger partial charge in [-0.15, -0.1) is 0 Å². The van der Waals surface area contributed by atoms with Crippen molar-refractivity contribution < 1.29 is 19.1 Å². The van der Waals surface area contributed by atoms with E-state index in [0.717, 1.165) is 11.0 Å². The number of aromatic nitrogens is 2. The average Bonchev–Trinajstić information content (AvgIpc) is 3.24. The normalized spacial score (nSPS) is 17.7. The fraction of sp³-hybridized carbons (Fsp3) is 0.167. The summed E-state index contributed by atoms with van der Waals surface area (Å²) >= 11 is 0. The fourth-order valence-corrected chi connectivity index (χ4v) is 3.30. The highest BCUT2D eigenvalue weighted by molar-refractivity contribution is 6.03. The molecule has 5 rings (SSSR count). The van der Waals surface area contributed by atoms with Gasteiger partial charge in [0.2, 0.25) is 24.6 Å². The fourth-order valence-electron chi connectivity index (χ4n) is 3.30. The number of fused-ring (bicyclic) bond motifs is 4. The molecular formula is C18H14N4O4. The molecule has 0 fully saturated rings. The molecule has 130 valence electrons. The van der Waals surface area contributed by atoms with Gasteiger partial charge in [0.1, 0.15) is 6.04 Å². The number of benzene rings is 2. The number of amides is 2. The van der Waals surface area contributed by atoms with Gasteiger partial charge in [0, 0.05) is 11.8 Å². The van der Waals surface area contributed by atoms with E-state index in [1.54, 1.807) is 22.8 Å². The Balaban J connectivity index is 1.50. The van der Waals surface area contributed by atoms with E-state index in [-0.39, 0.29) is 25.0 Å². The molecule has 0 bridgehead atoms. The van der Waals surface area contributed by atoms with Crippen molar-refractivity contribution in [3.8, 4) is 11.5 Å². The second-order valence-electron chi connectivity index (χ2n) is 6.12. The number of imidazole rings is 1. The van der Waals surface area contributed by atoms with Gasteiger partial charge < -0.3 is 14.8 Å². The van der Waals surface area contributed by atoms with Crippen LogP contribution in [-0.2, 0) is 9.59 Å². The summed E-state index contributed by atoms with van der Waals surface area (Å²) in [6.07, 6.45) is 0.0454. The lowest BCUT2D eigenvalue weighted by atomic mass is 10.1. The molecule has 0 saturated carbocycles. The molecule has 26 heavy (non-hydrogen) atoms. The van der Waals surface area contributed by atoms with Gasteiger partial charge in [-0.3, -0.25) is 19.5 Å². The van der Waals surface area contributed by atoms with Gasteiger partial charge in [-0.2, -0.15) is 0 Å². The first-order valence-electron chi connectivity index (χ1n) is 8.16. The second-order valence-corrected chi connectivity index (χ2v) is 6.12. The summed E-state index contributed by atoms with van der Waals surface area (Å²) in [4.78, 5) is 29.4. The first-order valence-corrected chi connectivity index (χ1v) is 8.16. The Morgan fingerprint density at radius 3 is 2.96 bits per heavy atom. The summed E-state index contributed by atoms with van der Waals surface area (Å²) in [5.41, 5.74) is 2.11. The highest BCUT2D eigenvalue weighted by Crippen LogP contribution is 2.35. The molecule has 2 amide bonds. The minimum atomic E-state index is -0.684. The van der Waals surface area contributed by atoms with E-state index < -0.39 is 6.04 Å². The standard InChI is InChI=1S/C18H14N4O4/c23-16-8-13(22-12-4-2-1-3-11(12)20-18(22)21-16)17(24)19-10-5-6-14-15(7-10)26-9-25-14/h1-7,13H,8-9H2,(H,19,24)(H,20,21,23). The Labute approximate surface area is 147 Å². The molecular weight excluding hydrogens is 336 g/mol.